The van der Waals surface area contributed by atoms with Crippen molar-refractivity contribution in [3.8, 4) is 5.75 Å². The van der Waals surface area contributed by atoms with Gasteiger partial charge in [-0.1, -0.05) is 0 Å². The molecule has 0 aromatic heterocycles. The van der Waals surface area contributed by atoms with Crippen LogP contribution in [0.25, 0.3) is 6.08 Å². The first-order chi connectivity index (χ1) is 10.7. The van der Waals surface area contributed by atoms with Crippen molar-refractivity contribution in [2.24, 2.45) is 4.99 Å². The summed E-state index contributed by atoms with van der Waals surface area (Å²) in [4.78, 5) is 18.4. The molecule has 109 valence electrons. The van der Waals surface area contributed by atoms with E-state index in [2.05, 4.69) is 21.0 Å². The summed E-state index contributed by atoms with van der Waals surface area (Å²) in [6.45, 7) is 0. The summed E-state index contributed by atoms with van der Waals surface area (Å²) >= 11 is 2.85. The summed E-state index contributed by atoms with van der Waals surface area (Å²) in [5.74, 6) is 0.594. The van der Waals surface area contributed by atoms with Crippen molar-refractivity contribution in [1.29, 1.82) is 0 Å². The number of amides is 1. The van der Waals surface area contributed by atoms with Crippen molar-refractivity contribution in [2.75, 3.05) is 12.0 Å². The number of amidine groups is 1. The normalized spacial score (nSPS) is 16.0. The second-order valence-electron chi connectivity index (χ2n) is 4.67. The van der Waals surface area contributed by atoms with Crippen molar-refractivity contribution < 1.29 is 9.53 Å². The second-order valence-corrected chi connectivity index (χ2v) is 5.44. The van der Waals surface area contributed by atoms with E-state index in [0.29, 0.717) is 10.4 Å². The molecule has 0 bridgehead atoms. The molecule has 2 aromatic rings. The van der Waals surface area contributed by atoms with E-state index in [0.717, 1.165) is 17.0 Å². The van der Waals surface area contributed by atoms with Crippen molar-refractivity contribution >= 4 is 38.4 Å². The summed E-state index contributed by atoms with van der Waals surface area (Å²) in [6, 6.07) is 16.9. The minimum atomic E-state index is -0.150. The van der Waals surface area contributed by atoms with Crippen LogP contribution < -0.4 is 9.64 Å². The molecule has 0 aliphatic carbocycles. The summed E-state index contributed by atoms with van der Waals surface area (Å²) in [5, 5.41) is 0. The topological polar surface area (TPSA) is 41.9 Å². The number of rotatable bonds is 3. The Labute approximate surface area is 136 Å². The van der Waals surface area contributed by atoms with Crippen LogP contribution in [0, 0.1) is 0 Å². The number of ether oxygens (including phenoxy) is 1. The summed E-state index contributed by atoms with van der Waals surface area (Å²) in [6.07, 6.45) is 1.78. The molecule has 0 saturated carbocycles. The van der Waals surface area contributed by atoms with Crippen LogP contribution in [0.5, 0.6) is 5.75 Å². The molecule has 0 fully saturated rings. The van der Waals surface area contributed by atoms with Crippen LogP contribution in [0.1, 0.15) is 5.56 Å². The van der Waals surface area contributed by atoms with Crippen molar-refractivity contribution in [2.45, 2.75) is 0 Å². The Morgan fingerprint density at radius 3 is 2.41 bits per heavy atom. The van der Waals surface area contributed by atoms with Crippen LogP contribution in [-0.4, -0.2) is 33.8 Å². The Morgan fingerprint density at radius 1 is 1.09 bits per heavy atom. The molecule has 1 heterocycles. The molecule has 0 atom stereocenters. The predicted octanol–water partition coefficient (Wildman–Crippen LogP) is 2.61. The minimum absolute atomic E-state index is 0.150. The summed E-state index contributed by atoms with van der Waals surface area (Å²) in [7, 11) is 1.61. The number of nitrogens with zero attached hydrogens (tertiary/aromatic N) is 2. The molecule has 0 saturated heterocycles. The predicted molar refractivity (Wildman–Crippen MR) is 88.1 cm³/mol. The van der Waals surface area contributed by atoms with Gasteiger partial charge < -0.3 is 0 Å². The van der Waals surface area contributed by atoms with E-state index in [9.17, 15) is 4.79 Å². The fourth-order valence-electron chi connectivity index (χ4n) is 2.16. The number of carbonyl (C=O) groups excluding carboxylic acids is 1. The number of methoxy groups -OCH3 is 1. The van der Waals surface area contributed by atoms with Crippen LogP contribution in [0.15, 0.2) is 65.3 Å². The fraction of sp³-hybridized carbons (Fsp3) is 0.0588. The molecule has 22 heavy (non-hydrogen) atoms. The zero-order valence-electron chi connectivity index (χ0n) is 11.9. The second kappa shape index (κ2) is 6.18. The third-order valence-corrected chi connectivity index (χ3v) is 3.84. The van der Waals surface area contributed by atoms with Crippen LogP contribution in [-0.2, 0) is 4.79 Å². The van der Waals surface area contributed by atoms with Crippen molar-refractivity contribution in [1.82, 2.24) is 0 Å². The maximum atomic E-state index is 12.6. The van der Waals surface area contributed by atoms with Gasteiger partial charge in [0.25, 0.3) is 0 Å². The molecule has 3 rings (SSSR count). The van der Waals surface area contributed by atoms with Gasteiger partial charge in [-0.25, -0.2) is 0 Å². The zero-order chi connectivity index (χ0) is 15.5. The first kappa shape index (κ1) is 14.6. The number of benzene rings is 2. The average molecular weight is 356 g/mol. The Hall–Kier alpha value is -2.36. The van der Waals surface area contributed by atoms with E-state index >= 15 is 0 Å². The molecule has 1 aliphatic rings. The van der Waals surface area contributed by atoms with Gasteiger partial charge in [0.1, 0.15) is 0 Å². The quantitative estimate of drug-likeness (QED) is 0.627. The molecule has 5 heteroatoms. The molecule has 1 aliphatic heterocycles. The van der Waals surface area contributed by atoms with E-state index in [1.54, 1.807) is 18.1 Å². The first-order valence-corrected chi connectivity index (χ1v) is 7.55. The SMILES string of the molecule is COc1ccc(N2C(=O)/C(=C/c3ccccc3)N=C2[Se])cc1. The van der Waals surface area contributed by atoms with Crippen LogP contribution in [0.3, 0.4) is 0 Å². The molecule has 1 radical (unpaired) electrons. The van der Waals surface area contributed by atoms with Crippen LogP contribution >= 0.6 is 0 Å². The van der Waals surface area contributed by atoms with Gasteiger partial charge in [0.2, 0.25) is 0 Å². The molecule has 4 nitrogen and oxygen atoms in total. The first-order valence-electron chi connectivity index (χ1n) is 6.70. The number of anilines is 1. The van der Waals surface area contributed by atoms with Gasteiger partial charge in [-0.15, -0.1) is 0 Å². The number of hydrogen-bond donors (Lipinski definition) is 0. The number of aliphatic imine (C=N–C) groups is 1. The molecular weight excluding hydrogens is 343 g/mol. The summed E-state index contributed by atoms with van der Waals surface area (Å²) < 4.78 is 5.67. The van der Waals surface area contributed by atoms with Crippen molar-refractivity contribution in [3.63, 3.8) is 0 Å². The van der Waals surface area contributed by atoms with Gasteiger partial charge in [-0.05, 0) is 0 Å². The van der Waals surface area contributed by atoms with Crippen LogP contribution in [0.4, 0.5) is 5.69 Å². The molecular formula is C17H13N2O2Se. The van der Waals surface area contributed by atoms with E-state index in [4.69, 9.17) is 4.74 Å². The number of carbonyl (C=O) groups is 1. The van der Waals surface area contributed by atoms with Gasteiger partial charge in [-0.3, -0.25) is 0 Å². The molecule has 1 amide bonds. The Morgan fingerprint density at radius 2 is 1.77 bits per heavy atom. The Bertz CT molecular complexity index is 752. The zero-order valence-corrected chi connectivity index (χ0v) is 13.6. The molecule has 2 aromatic carbocycles. The monoisotopic (exact) mass is 357 g/mol. The third-order valence-electron chi connectivity index (χ3n) is 3.26. The van der Waals surface area contributed by atoms with Crippen LogP contribution in [0.2, 0.25) is 0 Å². The third kappa shape index (κ3) is 2.82. The number of hydrogen-bond acceptors (Lipinski definition) is 3. The fourth-order valence-corrected chi connectivity index (χ4v) is 2.76. The van der Waals surface area contributed by atoms with E-state index in [1.807, 2.05) is 54.6 Å². The molecule has 0 N–H and O–H groups in total. The van der Waals surface area contributed by atoms with Crippen molar-refractivity contribution in [3.05, 3.63) is 65.9 Å². The average Bonchev–Trinajstić information content (AvgIpc) is 2.82. The van der Waals surface area contributed by atoms with Gasteiger partial charge in [-0.2, -0.15) is 0 Å². The van der Waals surface area contributed by atoms with Gasteiger partial charge in [0, 0.05) is 0 Å². The van der Waals surface area contributed by atoms with Gasteiger partial charge >= 0.3 is 137 Å². The summed E-state index contributed by atoms with van der Waals surface area (Å²) in [5.41, 5.74) is 2.11. The van der Waals surface area contributed by atoms with E-state index in [1.165, 1.54) is 0 Å². The van der Waals surface area contributed by atoms with Gasteiger partial charge in [0.15, 0.2) is 0 Å². The van der Waals surface area contributed by atoms with E-state index < -0.39 is 0 Å². The Kier molecular flexibility index (Phi) is 4.09. The molecule has 0 unspecified atom stereocenters. The van der Waals surface area contributed by atoms with Gasteiger partial charge in [0.05, 0.1) is 0 Å². The van der Waals surface area contributed by atoms with E-state index in [-0.39, 0.29) is 5.91 Å². The molecule has 0 spiro atoms. The Balaban J connectivity index is 1.91. The standard InChI is InChI=1S/C17H13N2O2Se/c1-21-14-9-7-13(8-10-14)19-16(20)15(18-17(19)22)11-12-5-3-2-4-6-12/h2-11H,1H3/b15-11-. The maximum absolute atomic E-state index is 12.6.